The van der Waals surface area contributed by atoms with E-state index in [4.69, 9.17) is 16.3 Å². The Hall–Kier alpha value is -0.580. The Morgan fingerprint density at radius 1 is 1.50 bits per heavy atom. The molecule has 2 rings (SSSR count). The smallest absolute Gasteiger partial charge is 0.257 e. The summed E-state index contributed by atoms with van der Waals surface area (Å²) in [7, 11) is -1.71. The van der Waals surface area contributed by atoms with Crippen LogP contribution in [0.3, 0.4) is 0 Å². The maximum absolute atomic E-state index is 12.8. The van der Waals surface area contributed by atoms with Crippen molar-refractivity contribution in [3.63, 3.8) is 0 Å². The zero-order chi connectivity index (χ0) is 17.9. The van der Waals surface area contributed by atoms with E-state index in [0.717, 1.165) is 22.7 Å². The van der Waals surface area contributed by atoms with Gasteiger partial charge < -0.3 is 9.64 Å². The number of carbonyl (C=O) groups is 1. The maximum atomic E-state index is 12.8. The molecule has 1 aromatic carbocycles. The number of nitrogens with zero attached hydrogens (tertiary/aromatic N) is 1. The van der Waals surface area contributed by atoms with E-state index in [2.05, 4.69) is 27.3 Å². The van der Waals surface area contributed by atoms with Crippen LogP contribution in [0.1, 0.15) is 23.2 Å². The molecule has 1 aromatic rings. The average Bonchev–Trinajstić information content (AvgIpc) is 2.54. The van der Waals surface area contributed by atoms with Gasteiger partial charge in [-0.1, -0.05) is 11.6 Å². The fourth-order valence-corrected chi connectivity index (χ4v) is 3.86. The first-order chi connectivity index (χ1) is 11.2. The number of piperidine rings is 1. The van der Waals surface area contributed by atoms with E-state index in [-0.39, 0.29) is 11.8 Å². The molecule has 0 spiro atoms. The number of hydrogen-bond acceptors (Lipinski definition) is 4. The van der Waals surface area contributed by atoms with Gasteiger partial charge in [0.15, 0.2) is 0 Å². The molecule has 0 saturated carbocycles. The molecule has 24 heavy (non-hydrogen) atoms. The van der Waals surface area contributed by atoms with E-state index in [1.165, 1.54) is 7.11 Å². The van der Waals surface area contributed by atoms with Crippen molar-refractivity contribution < 1.29 is 17.9 Å². The minimum atomic E-state index is -3.23. The number of nitrogens with one attached hydrogen (secondary N) is 1. The first kappa shape index (κ1) is 19.7. The van der Waals surface area contributed by atoms with Gasteiger partial charge in [0.25, 0.3) is 5.91 Å². The van der Waals surface area contributed by atoms with Gasteiger partial charge in [-0.2, -0.15) is 0 Å². The first-order valence-corrected chi connectivity index (χ1v) is 10.8. The summed E-state index contributed by atoms with van der Waals surface area (Å²) >= 11 is 8.23. The van der Waals surface area contributed by atoms with Crippen LogP contribution in [-0.2, 0) is 10.0 Å². The molecule has 1 saturated heterocycles. The Morgan fingerprint density at radius 3 is 2.83 bits per heavy atom. The van der Waals surface area contributed by atoms with Crippen molar-refractivity contribution >= 4 is 50.1 Å². The van der Waals surface area contributed by atoms with Crippen LogP contribution in [0.15, 0.2) is 12.1 Å². The lowest BCUT2D eigenvalue weighted by atomic mass is 9.97. The summed E-state index contributed by atoms with van der Waals surface area (Å²) in [6.07, 6.45) is 2.86. The largest absolute Gasteiger partial charge is 0.496 e. The molecular formula is C15H20ClIN2O4S. The quantitative estimate of drug-likeness (QED) is 0.649. The minimum Gasteiger partial charge on any atom is -0.496 e. The second kappa shape index (κ2) is 8.20. The van der Waals surface area contributed by atoms with Crippen LogP contribution in [0.2, 0.25) is 5.02 Å². The number of amides is 1. The molecule has 6 nitrogen and oxygen atoms in total. The monoisotopic (exact) mass is 486 g/mol. The van der Waals surface area contributed by atoms with Gasteiger partial charge in [0.05, 0.1) is 24.0 Å². The van der Waals surface area contributed by atoms with Crippen LogP contribution in [0, 0.1) is 9.49 Å². The Bertz CT molecular complexity index is 726. The SMILES string of the molecule is COc1cc(I)c(Cl)cc1C(=O)N1CCCC(CNS(C)(=O)=O)C1. The van der Waals surface area contributed by atoms with Gasteiger partial charge in [0, 0.05) is 23.2 Å². The Morgan fingerprint density at radius 2 is 2.21 bits per heavy atom. The summed E-state index contributed by atoms with van der Waals surface area (Å²) < 4.78 is 31.1. The maximum Gasteiger partial charge on any atom is 0.257 e. The number of methoxy groups -OCH3 is 1. The molecule has 0 aliphatic carbocycles. The molecule has 0 bridgehead atoms. The predicted molar refractivity (Wildman–Crippen MR) is 102 cm³/mol. The van der Waals surface area contributed by atoms with Crippen molar-refractivity contribution in [2.75, 3.05) is 33.0 Å². The van der Waals surface area contributed by atoms with Gasteiger partial charge in [0.1, 0.15) is 5.75 Å². The van der Waals surface area contributed by atoms with Crippen LogP contribution < -0.4 is 9.46 Å². The third kappa shape index (κ3) is 5.21. The van der Waals surface area contributed by atoms with E-state index < -0.39 is 10.0 Å². The van der Waals surface area contributed by atoms with Gasteiger partial charge in [-0.15, -0.1) is 0 Å². The highest BCUT2D eigenvalue weighted by atomic mass is 127. The lowest BCUT2D eigenvalue weighted by Gasteiger charge is -2.33. The molecule has 1 N–H and O–H groups in total. The molecule has 1 atom stereocenters. The number of carbonyl (C=O) groups excluding carboxylic acids is 1. The lowest BCUT2D eigenvalue weighted by molar-refractivity contribution is 0.0673. The number of likely N-dealkylation sites (tertiary alicyclic amines) is 1. The number of halogens is 2. The molecule has 1 aliphatic rings. The highest BCUT2D eigenvalue weighted by Crippen LogP contribution is 2.30. The van der Waals surface area contributed by atoms with E-state index in [1.807, 2.05) is 0 Å². The standard InChI is InChI=1S/C15H20ClIN2O4S/c1-23-14-7-13(17)12(16)6-11(14)15(20)19-5-3-4-10(9-19)8-18-24(2,21)22/h6-7,10,18H,3-5,8-9H2,1-2H3. The molecule has 1 aliphatic heterocycles. The minimum absolute atomic E-state index is 0.0998. The third-order valence-electron chi connectivity index (χ3n) is 3.91. The Kier molecular flexibility index (Phi) is 6.74. The van der Waals surface area contributed by atoms with Gasteiger partial charge in [-0.05, 0) is 53.5 Å². The molecule has 9 heteroatoms. The molecule has 1 heterocycles. The highest BCUT2D eigenvalue weighted by molar-refractivity contribution is 14.1. The van der Waals surface area contributed by atoms with Gasteiger partial charge in [0.2, 0.25) is 10.0 Å². The number of hydrogen-bond donors (Lipinski definition) is 1. The average molecular weight is 487 g/mol. The normalized spacial score (nSPS) is 18.5. The predicted octanol–water partition coefficient (Wildman–Crippen LogP) is 2.35. The zero-order valence-corrected chi connectivity index (χ0v) is 17.2. The van der Waals surface area contributed by atoms with Crippen LogP contribution in [0.25, 0.3) is 0 Å². The van der Waals surface area contributed by atoms with E-state index in [1.54, 1.807) is 17.0 Å². The van der Waals surface area contributed by atoms with Crippen molar-refractivity contribution in [2.45, 2.75) is 12.8 Å². The summed E-state index contributed by atoms with van der Waals surface area (Å²) in [4.78, 5) is 14.6. The van der Waals surface area contributed by atoms with E-state index >= 15 is 0 Å². The molecule has 0 aromatic heterocycles. The van der Waals surface area contributed by atoms with Gasteiger partial charge >= 0.3 is 0 Å². The summed E-state index contributed by atoms with van der Waals surface area (Å²) in [5.41, 5.74) is 0.430. The van der Waals surface area contributed by atoms with Crippen LogP contribution >= 0.6 is 34.2 Å². The second-order valence-corrected chi connectivity index (χ2v) is 9.25. The van der Waals surface area contributed by atoms with Gasteiger partial charge in [-0.3, -0.25) is 4.79 Å². The zero-order valence-electron chi connectivity index (χ0n) is 13.5. The molecular weight excluding hydrogens is 467 g/mol. The summed E-state index contributed by atoms with van der Waals surface area (Å²) in [6.45, 7) is 1.49. The number of sulfonamides is 1. The number of rotatable bonds is 5. The van der Waals surface area contributed by atoms with Crippen LogP contribution in [0.5, 0.6) is 5.75 Å². The van der Waals surface area contributed by atoms with Crippen LogP contribution in [0.4, 0.5) is 0 Å². The molecule has 0 radical (unpaired) electrons. The van der Waals surface area contributed by atoms with Crippen molar-refractivity contribution in [1.82, 2.24) is 9.62 Å². The van der Waals surface area contributed by atoms with E-state index in [0.29, 0.717) is 36.0 Å². The van der Waals surface area contributed by atoms with Crippen molar-refractivity contribution in [1.29, 1.82) is 0 Å². The Balaban J connectivity index is 2.13. The van der Waals surface area contributed by atoms with Crippen molar-refractivity contribution in [3.05, 3.63) is 26.3 Å². The van der Waals surface area contributed by atoms with Crippen molar-refractivity contribution in [2.24, 2.45) is 5.92 Å². The molecule has 1 fully saturated rings. The van der Waals surface area contributed by atoms with Gasteiger partial charge in [-0.25, -0.2) is 13.1 Å². The second-order valence-electron chi connectivity index (χ2n) is 5.85. The molecule has 134 valence electrons. The highest BCUT2D eigenvalue weighted by Gasteiger charge is 2.27. The third-order valence-corrected chi connectivity index (χ3v) is 6.13. The topological polar surface area (TPSA) is 75.7 Å². The summed E-state index contributed by atoms with van der Waals surface area (Å²) in [6, 6.07) is 3.37. The van der Waals surface area contributed by atoms with Crippen molar-refractivity contribution in [3.8, 4) is 5.75 Å². The lowest BCUT2D eigenvalue weighted by Crippen LogP contribution is -2.43. The fourth-order valence-electron chi connectivity index (χ4n) is 2.72. The van der Waals surface area contributed by atoms with Crippen LogP contribution in [-0.4, -0.2) is 52.2 Å². The molecule has 1 unspecified atom stereocenters. The summed E-state index contributed by atoms with van der Waals surface area (Å²) in [5, 5.41) is 0.507. The molecule has 1 amide bonds. The van der Waals surface area contributed by atoms with E-state index in [9.17, 15) is 13.2 Å². The number of benzene rings is 1. The Labute approximate surface area is 161 Å². The summed E-state index contributed by atoms with van der Waals surface area (Å²) in [5.74, 6) is 0.446. The fraction of sp³-hybridized carbons (Fsp3) is 0.533. The first-order valence-electron chi connectivity index (χ1n) is 7.48. The number of ether oxygens (including phenoxy) is 1.